The summed E-state index contributed by atoms with van der Waals surface area (Å²) in [6, 6.07) is 0. The van der Waals surface area contributed by atoms with Gasteiger partial charge in [0.05, 0.1) is 11.8 Å². The summed E-state index contributed by atoms with van der Waals surface area (Å²) in [5, 5.41) is 9.55. The lowest BCUT2D eigenvalue weighted by atomic mass is 10.1. The minimum absolute atomic E-state index is 0.0194. The van der Waals surface area contributed by atoms with Gasteiger partial charge in [0.2, 0.25) is 5.28 Å². The summed E-state index contributed by atoms with van der Waals surface area (Å²) in [5.41, 5.74) is -0.932. The van der Waals surface area contributed by atoms with Crippen molar-refractivity contribution in [2.75, 3.05) is 18.5 Å². The molecule has 0 saturated heterocycles. The Morgan fingerprint density at radius 2 is 2.20 bits per heavy atom. The van der Waals surface area contributed by atoms with Gasteiger partial charge in [-0.25, -0.2) is 9.37 Å². The van der Waals surface area contributed by atoms with E-state index in [4.69, 9.17) is 11.6 Å². The number of rotatable bonds is 3. The number of aromatic nitrogens is 2. The standard InChI is InChI=1S/C9H13ClFN3O/c1-9(2,15)5-14(3)7-6(11)4-12-8(10)13-7/h4,15H,5H2,1-3H3. The van der Waals surface area contributed by atoms with Crippen LogP contribution in [-0.2, 0) is 0 Å². The second-order valence-electron chi connectivity index (χ2n) is 3.98. The van der Waals surface area contributed by atoms with Crippen molar-refractivity contribution < 1.29 is 9.50 Å². The molecule has 1 heterocycles. The fourth-order valence-corrected chi connectivity index (χ4v) is 1.39. The molecular formula is C9H13ClFN3O. The van der Waals surface area contributed by atoms with Gasteiger partial charge in [-0.15, -0.1) is 0 Å². The third kappa shape index (κ3) is 3.60. The molecule has 0 spiro atoms. The van der Waals surface area contributed by atoms with Crippen LogP contribution in [0.1, 0.15) is 13.8 Å². The lowest BCUT2D eigenvalue weighted by Crippen LogP contribution is -2.37. The molecule has 1 aromatic rings. The van der Waals surface area contributed by atoms with Crippen LogP contribution in [0.15, 0.2) is 6.20 Å². The Balaban J connectivity index is 2.90. The molecule has 4 nitrogen and oxygen atoms in total. The van der Waals surface area contributed by atoms with Gasteiger partial charge in [0.15, 0.2) is 11.6 Å². The molecule has 1 N–H and O–H groups in total. The normalized spacial score (nSPS) is 11.6. The van der Waals surface area contributed by atoms with Crippen molar-refractivity contribution in [3.05, 3.63) is 17.3 Å². The van der Waals surface area contributed by atoms with Gasteiger partial charge in [-0.2, -0.15) is 4.98 Å². The first-order valence-electron chi connectivity index (χ1n) is 4.41. The lowest BCUT2D eigenvalue weighted by Gasteiger charge is -2.26. The molecule has 0 saturated carbocycles. The molecule has 0 aliphatic rings. The first-order valence-corrected chi connectivity index (χ1v) is 4.79. The van der Waals surface area contributed by atoms with Gasteiger partial charge in [0.25, 0.3) is 0 Å². The summed E-state index contributed by atoms with van der Waals surface area (Å²) in [4.78, 5) is 8.75. The van der Waals surface area contributed by atoms with Crippen molar-refractivity contribution in [3.63, 3.8) is 0 Å². The number of halogens is 2. The number of aliphatic hydroxyl groups is 1. The van der Waals surface area contributed by atoms with E-state index < -0.39 is 11.4 Å². The van der Waals surface area contributed by atoms with Gasteiger partial charge in [0, 0.05) is 13.6 Å². The highest BCUT2D eigenvalue weighted by atomic mass is 35.5. The first kappa shape index (κ1) is 12.1. The molecule has 0 atom stereocenters. The van der Waals surface area contributed by atoms with Crippen molar-refractivity contribution in [1.29, 1.82) is 0 Å². The molecule has 0 bridgehead atoms. The van der Waals surface area contributed by atoms with Crippen LogP contribution in [0.5, 0.6) is 0 Å². The second kappa shape index (κ2) is 4.28. The summed E-state index contributed by atoms with van der Waals surface area (Å²) >= 11 is 5.55. The Hall–Kier alpha value is -0.940. The minimum atomic E-state index is -0.932. The SMILES string of the molecule is CN(CC(C)(C)O)c1nc(Cl)ncc1F. The maximum atomic E-state index is 13.3. The molecule has 84 valence electrons. The Morgan fingerprint density at radius 3 is 2.73 bits per heavy atom. The van der Waals surface area contributed by atoms with Crippen LogP contribution in [0.25, 0.3) is 0 Å². The van der Waals surface area contributed by atoms with Crippen LogP contribution < -0.4 is 4.90 Å². The lowest BCUT2D eigenvalue weighted by molar-refractivity contribution is 0.0883. The third-order valence-corrected chi connectivity index (χ3v) is 1.86. The van der Waals surface area contributed by atoms with Crippen molar-refractivity contribution in [2.24, 2.45) is 0 Å². The topological polar surface area (TPSA) is 49.2 Å². The van der Waals surface area contributed by atoms with Crippen LogP contribution in [0.3, 0.4) is 0 Å². The van der Waals surface area contributed by atoms with Gasteiger partial charge >= 0.3 is 0 Å². The van der Waals surface area contributed by atoms with Gasteiger partial charge in [0.1, 0.15) is 0 Å². The summed E-state index contributed by atoms with van der Waals surface area (Å²) in [6.07, 6.45) is 1.01. The molecule has 0 amide bonds. The number of likely N-dealkylation sites (N-methyl/N-ethyl adjacent to an activating group) is 1. The Bertz CT molecular complexity index is 354. The van der Waals surface area contributed by atoms with E-state index in [1.54, 1.807) is 20.9 Å². The van der Waals surface area contributed by atoms with Crippen molar-refractivity contribution in [2.45, 2.75) is 19.4 Å². The van der Waals surface area contributed by atoms with E-state index in [9.17, 15) is 9.50 Å². The maximum absolute atomic E-state index is 13.3. The van der Waals surface area contributed by atoms with E-state index in [2.05, 4.69) is 9.97 Å². The quantitative estimate of drug-likeness (QED) is 0.804. The maximum Gasteiger partial charge on any atom is 0.224 e. The fraction of sp³-hybridized carbons (Fsp3) is 0.556. The largest absolute Gasteiger partial charge is 0.389 e. The van der Waals surface area contributed by atoms with Crippen molar-refractivity contribution in [1.82, 2.24) is 9.97 Å². The first-order chi connectivity index (χ1) is 6.79. The molecule has 15 heavy (non-hydrogen) atoms. The van der Waals surface area contributed by atoms with E-state index in [-0.39, 0.29) is 17.6 Å². The van der Waals surface area contributed by atoms with Crippen molar-refractivity contribution in [3.8, 4) is 0 Å². The average molecular weight is 234 g/mol. The van der Waals surface area contributed by atoms with E-state index in [0.717, 1.165) is 6.20 Å². The summed E-state index contributed by atoms with van der Waals surface area (Å²) in [5.74, 6) is -0.483. The average Bonchev–Trinajstić information content (AvgIpc) is 2.06. The van der Waals surface area contributed by atoms with E-state index in [0.29, 0.717) is 0 Å². The smallest absolute Gasteiger partial charge is 0.224 e. The van der Waals surface area contributed by atoms with Gasteiger partial charge in [-0.1, -0.05) is 0 Å². The molecule has 0 aliphatic heterocycles. The van der Waals surface area contributed by atoms with E-state index in [1.165, 1.54) is 4.90 Å². The number of anilines is 1. The summed E-state index contributed by atoms with van der Waals surface area (Å²) in [6.45, 7) is 3.51. The molecule has 1 rings (SSSR count). The highest BCUT2D eigenvalue weighted by Crippen LogP contribution is 2.17. The second-order valence-corrected chi connectivity index (χ2v) is 4.32. The predicted molar refractivity (Wildman–Crippen MR) is 56.6 cm³/mol. The Morgan fingerprint density at radius 1 is 1.60 bits per heavy atom. The van der Waals surface area contributed by atoms with Gasteiger partial charge in [-0.3, -0.25) is 0 Å². The molecule has 0 radical (unpaired) electrons. The van der Waals surface area contributed by atoms with E-state index >= 15 is 0 Å². The van der Waals surface area contributed by atoms with Crippen LogP contribution in [0.2, 0.25) is 5.28 Å². The number of nitrogens with zero attached hydrogens (tertiary/aromatic N) is 3. The van der Waals surface area contributed by atoms with E-state index in [1.807, 2.05) is 0 Å². The Kier molecular flexibility index (Phi) is 3.46. The monoisotopic (exact) mass is 233 g/mol. The highest BCUT2D eigenvalue weighted by molar-refractivity contribution is 6.28. The van der Waals surface area contributed by atoms with Crippen molar-refractivity contribution >= 4 is 17.4 Å². The highest BCUT2D eigenvalue weighted by Gasteiger charge is 2.19. The van der Waals surface area contributed by atoms with Crippen LogP contribution in [0.4, 0.5) is 10.2 Å². The molecule has 0 unspecified atom stereocenters. The summed E-state index contributed by atoms with van der Waals surface area (Å²) in [7, 11) is 1.62. The zero-order chi connectivity index (χ0) is 11.6. The van der Waals surface area contributed by atoms with Crippen LogP contribution in [0, 0.1) is 5.82 Å². The summed E-state index contributed by atoms with van der Waals surface area (Å²) < 4.78 is 13.3. The minimum Gasteiger partial charge on any atom is -0.389 e. The molecule has 1 aromatic heterocycles. The fourth-order valence-electron chi connectivity index (χ4n) is 1.26. The zero-order valence-corrected chi connectivity index (χ0v) is 9.59. The number of hydrogen-bond acceptors (Lipinski definition) is 4. The van der Waals surface area contributed by atoms with Gasteiger partial charge in [-0.05, 0) is 25.4 Å². The molecule has 0 aliphatic carbocycles. The molecule has 0 fully saturated rings. The van der Waals surface area contributed by atoms with Crippen LogP contribution >= 0.6 is 11.6 Å². The molecule has 6 heteroatoms. The van der Waals surface area contributed by atoms with Gasteiger partial charge < -0.3 is 10.0 Å². The molecular weight excluding hydrogens is 221 g/mol. The number of hydrogen-bond donors (Lipinski definition) is 1. The molecule has 0 aromatic carbocycles. The zero-order valence-electron chi connectivity index (χ0n) is 8.83. The third-order valence-electron chi connectivity index (χ3n) is 1.68. The Labute approximate surface area is 92.7 Å². The predicted octanol–water partition coefficient (Wildman–Crippen LogP) is 1.48. The van der Waals surface area contributed by atoms with Crippen LogP contribution in [-0.4, -0.2) is 34.3 Å².